The molecular formula is C28H40N4O2. The number of allylic oxidation sites excluding steroid dienone is 2. The van der Waals surface area contributed by atoms with Crippen molar-refractivity contribution in [2.75, 3.05) is 25.6 Å². The second kappa shape index (κ2) is 10.4. The van der Waals surface area contributed by atoms with Gasteiger partial charge in [0.1, 0.15) is 0 Å². The van der Waals surface area contributed by atoms with E-state index in [0.29, 0.717) is 17.8 Å². The van der Waals surface area contributed by atoms with Crippen LogP contribution in [0.15, 0.2) is 30.5 Å². The lowest BCUT2D eigenvalue weighted by molar-refractivity contribution is 0.101. The number of H-pyrrole nitrogens is 1. The van der Waals surface area contributed by atoms with E-state index in [1.54, 1.807) is 13.3 Å². The smallest absolute Gasteiger partial charge is 0.291 e. The first kappa shape index (κ1) is 24.7. The Bertz CT molecular complexity index is 1030. The van der Waals surface area contributed by atoms with Crippen molar-refractivity contribution in [1.29, 1.82) is 0 Å². The number of ether oxygens (including phenoxy) is 1. The fraction of sp³-hybridized carbons (Fsp3) is 0.571. The van der Waals surface area contributed by atoms with Gasteiger partial charge in [-0.25, -0.2) is 4.98 Å². The predicted molar refractivity (Wildman–Crippen MR) is 138 cm³/mol. The van der Waals surface area contributed by atoms with E-state index in [9.17, 15) is 4.79 Å². The number of aromatic amines is 1. The summed E-state index contributed by atoms with van der Waals surface area (Å²) in [4.78, 5) is 20.2. The van der Waals surface area contributed by atoms with E-state index in [-0.39, 0.29) is 11.4 Å². The number of imidazole rings is 1. The Hall–Kier alpha value is -2.44. The lowest BCUT2D eigenvalue weighted by atomic mass is 9.74. The topological polar surface area (TPSA) is 79.0 Å². The zero-order chi connectivity index (χ0) is 24.2. The first-order chi connectivity index (χ1) is 16.3. The molecule has 4 rings (SSSR count). The van der Waals surface area contributed by atoms with Gasteiger partial charge in [-0.1, -0.05) is 45.3 Å². The number of benzene rings is 1. The fourth-order valence-electron chi connectivity index (χ4n) is 5.36. The summed E-state index contributed by atoms with van der Waals surface area (Å²) in [6, 6.07) is 6.62. The number of hydrogen-bond acceptors (Lipinski definition) is 4. The van der Waals surface area contributed by atoms with Crippen LogP contribution >= 0.6 is 0 Å². The van der Waals surface area contributed by atoms with E-state index in [1.807, 2.05) is 6.92 Å². The quantitative estimate of drug-likeness (QED) is 0.421. The van der Waals surface area contributed by atoms with Crippen LogP contribution < -0.4 is 10.6 Å². The molecule has 2 aliphatic rings. The number of methoxy groups -OCH3 is 1. The molecule has 34 heavy (non-hydrogen) atoms. The highest BCUT2D eigenvalue weighted by Gasteiger charge is 2.34. The molecule has 0 aliphatic heterocycles. The second-order valence-electron chi connectivity index (χ2n) is 10.8. The van der Waals surface area contributed by atoms with Crippen molar-refractivity contribution in [3.63, 3.8) is 0 Å². The average molecular weight is 465 g/mol. The van der Waals surface area contributed by atoms with Crippen LogP contribution in [-0.2, 0) is 10.3 Å². The summed E-state index contributed by atoms with van der Waals surface area (Å²) in [5, 5.41) is 6.98. The molecule has 0 radical (unpaired) electrons. The first-order valence-electron chi connectivity index (χ1n) is 12.7. The molecule has 0 unspecified atom stereocenters. The van der Waals surface area contributed by atoms with Crippen molar-refractivity contribution in [1.82, 2.24) is 15.3 Å². The summed E-state index contributed by atoms with van der Waals surface area (Å²) in [6.45, 7) is 8.07. The van der Waals surface area contributed by atoms with Crippen LogP contribution in [0.5, 0.6) is 0 Å². The second-order valence-corrected chi connectivity index (χ2v) is 10.8. The monoisotopic (exact) mass is 464 g/mol. The Morgan fingerprint density at radius 2 is 1.97 bits per heavy atom. The zero-order valence-electron chi connectivity index (χ0n) is 21.2. The fourth-order valence-corrected chi connectivity index (χ4v) is 5.36. The van der Waals surface area contributed by atoms with Gasteiger partial charge in [0, 0.05) is 36.6 Å². The number of carbonyl (C=O) groups excluding carboxylic acids is 1. The summed E-state index contributed by atoms with van der Waals surface area (Å²) in [5.74, 6) is 0.140. The maximum absolute atomic E-state index is 12.9. The van der Waals surface area contributed by atoms with Crippen LogP contribution in [0.4, 0.5) is 5.69 Å². The van der Waals surface area contributed by atoms with Crippen LogP contribution in [-0.4, -0.2) is 36.1 Å². The number of rotatable bonds is 8. The number of carbonyl (C=O) groups is 1. The highest BCUT2D eigenvalue weighted by Crippen LogP contribution is 2.43. The van der Waals surface area contributed by atoms with E-state index < -0.39 is 0 Å². The Labute approximate surface area is 204 Å². The van der Waals surface area contributed by atoms with Crippen molar-refractivity contribution in [3.05, 3.63) is 53.1 Å². The third kappa shape index (κ3) is 5.61. The van der Waals surface area contributed by atoms with Gasteiger partial charge in [0.2, 0.25) is 0 Å². The highest BCUT2D eigenvalue weighted by molar-refractivity contribution is 6.03. The van der Waals surface area contributed by atoms with Crippen molar-refractivity contribution in [2.45, 2.75) is 77.7 Å². The summed E-state index contributed by atoms with van der Waals surface area (Å²) in [5.41, 5.74) is 5.73. The minimum Gasteiger partial charge on any atom is -0.383 e. The van der Waals surface area contributed by atoms with Gasteiger partial charge in [-0.3, -0.25) is 4.79 Å². The molecule has 6 heteroatoms. The Balaban J connectivity index is 1.70. The number of anilines is 1. The lowest BCUT2D eigenvalue weighted by Crippen LogP contribution is -2.45. The third-order valence-corrected chi connectivity index (χ3v) is 7.54. The third-order valence-electron chi connectivity index (χ3n) is 7.54. The van der Waals surface area contributed by atoms with Gasteiger partial charge in [0.05, 0.1) is 12.3 Å². The molecule has 184 valence electrons. The minimum atomic E-state index is -0.204. The standard InChI is InChI=1S/C28H40N4O2/c1-20-19-29-25(31-20)26(33)32-24-9-8-22(18-23(24)21-10-14-27(2,3)15-11-21)28(30-16-17-34-4)12-6-5-7-13-28/h8-10,18-19,30H,5-7,11-17H2,1-4H3,(H,29,31)(H,32,33). The van der Waals surface area contributed by atoms with Gasteiger partial charge in [0.25, 0.3) is 5.91 Å². The molecule has 1 heterocycles. The molecule has 1 aromatic carbocycles. The molecule has 0 atom stereocenters. The molecule has 0 spiro atoms. The molecule has 6 nitrogen and oxygen atoms in total. The molecule has 2 aliphatic carbocycles. The largest absolute Gasteiger partial charge is 0.383 e. The molecule has 3 N–H and O–H groups in total. The molecular weight excluding hydrogens is 424 g/mol. The maximum Gasteiger partial charge on any atom is 0.291 e. The van der Waals surface area contributed by atoms with Gasteiger partial charge in [-0.05, 0) is 67.7 Å². The van der Waals surface area contributed by atoms with Gasteiger partial charge in [0.15, 0.2) is 5.82 Å². The summed E-state index contributed by atoms with van der Waals surface area (Å²) >= 11 is 0. The first-order valence-corrected chi connectivity index (χ1v) is 12.7. The van der Waals surface area contributed by atoms with E-state index >= 15 is 0 Å². The Morgan fingerprint density at radius 3 is 2.62 bits per heavy atom. The summed E-state index contributed by atoms with van der Waals surface area (Å²) < 4.78 is 5.33. The van der Waals surface area contributed by atoms with E-state index in [2.05, 4.69) is 58.7 Å². The number of hydrogen-bond donors (Lipinski definition) is 3. The summed E-state index contributed by atoms with van der Waals surface area (Å²) in [6.07, 6.45) is 13.3. The molecule has 2 aromatic rings. The van der Waals surface area contributed by atoms with Crippen LogP contribution in [0.25, 0.3) is 5.57 Å². The number of nitrogens with one attached hydrogen (secondary N) is 3. The van der Waals surface area contributed by atoms with Crippen LogP contribution in [0.3, 0.4) is 0 Å². The Morgan fingerprint density at radius 1 is 1.18 bits per heavy atom. The van der Waals surface area contributed by atoms with Crippen molar-refractivity contribution >= 4 is 17.2 Å². The zero-order valence-corrected chi connectivity index (χ0v) is 21.2. The van der Waals surface area contributed by atoms with Gasteiger partial charge in [-0.15, -0.1) is 0 Å². The van der Waals surface area contributed by atoms with Crippen molar-refractivity contribution in [2.24, 2.45) is 5.41 Å². The molecule has 1 saturated carbocycles. The summed E-state index contributed by atoms with van der Waals surface area (Å²) in [7, 11) is 1.75. The average Bonchev–Trinajstić information content (AvgIpc) is 3.27. The number of aromatic nitrogens is 2. The van der Waals surface area contributed by atoms with Gasteiger partial charge in [-0.2, -0.15) is 0 Å². The predicted octanol–water partition coefficient (Wildman–Crippen LogP) is 5.96. The number of nitrogens with zero attached hydrogens (tertiary/aromatic N) is 1. The SMILES string of the molecule is COCCNC1(c2ccc(NC(=O)c3nc(C)c[nH]3)c(C3=CCC(C)(C)CC3)c2)CCCCC1. The lowest BCUT2D eigenvalue weighted by Gasteiger charge is -2.40. The minimum absolute atomic E-state index is 0.0410. The van der Waals surface area contributed by atoms with E-state index in [1.165, 1.54) is 30.4 Å². The number of amides is 1. The van der Waals surface area contributed by atoms with Crippen molar-refractivity contribution in [3.8, 4) is 0 Å². The Kier molecular flexibility index (Phi) is 7.58. The van der Waals surface area contributed by atoms with Gasteiger partial charge >= 0.3 is 0 Å². The van der Waals surface area contributed by atoms with Crippen LogP contribution in [0.2, 0.25) is 0 Å². The van der Waals surface area contributed by atoms with Crippen LogP contribution in [0.1, 0.15) is 92.7 Å². The normalized spacial score (nSPS) is 19.5. The molecule has 1 amide bonds. The molecule has 0 bridgehead atoms. The van der Waals surface area contributed by atoms with Crippen LogP contribution in [0, 0.1) is 12.3 Å². The number of aryl methyl sites for hydroxylation is 1. The van der Waals surface area contributed by atoms with Crippen molar-refractivity contribution < 1.29 is 9.53 Å². The van der Waals surface area contributed by atoms with Gasteiger partial charge < -0.3 is 20.4 Å². The van der Waals surface area contributed by atoms with E-state index in [0.717, 1.165) is 55.6 Å². The highest BCUT2D eigenvalue weighted by atomic mass is 16.5. The maximum atomic E-state index is 12.9. The molecule has 1 fully saturated rings. The van der Waals surface area contributed by atoms with E-state index in [4.69, 9.17) is 4.74 Å². The molecule has 0 saturated heterocycles. The molecule has 1 aromatic heterocycles.